The summed E-state index contributed by atoms with van der Waals surface area (Å²) in [5.41, 5.74) is 2.37. The van der Waals surface area contributed by atoms with Crippen molar-refractivity contribution in [2.75, 3.05) is 11.4 Å². The minimum Gasteiger partial charge on any atom is -0.311 e. The van der Waals surface area contributed by atoms with Gasteiger partial charge in [0.1, 0.15) is 6.54 Å². The lowest BCUT2D eigenvalue weighted by Gasteiger charge is -2.21. The SMILES string of the molecule is CCN(C(=O)Cn1cnc(C)cc1=O)c1cccc(C)c1. The number of likely N-dealkylation sites (N-methyl/N-ethyl adjacent to an activating group) is 1. The Morgan fingerprint density at radius 3 is 2.67 bits per heavy atom. The van der Waals surface area contributed by atoms with E-state index in [9.17, 15) is 9.59 Å². The van der Waals surface area contributed by atoms with Gasteiger partial charge in [-0.3, -0.25) is 14.2 Å². The number of hydrogen-bond acceptors (Lipinski definition) is 3. The van der Waals surface area contributed by atoms with Gasteiger partial charge in [-0.2, -0.15) is 0 Å². The molecule has 0 aliphatic rings. The molecule has 0 unspecified atom stereocenters. The lowest BCUT2D eigenvalue weighted by Crippen LogP contribution is -2.36. The molecule has 0 saturated carbocycles. The Hall–Kier alpha value is -2.43. The van der Waals surface area contributed by atoms with Gasteiger partial charge in [-0.05, 0) is 38.5 Å². The second-order valence-electron chi connectivity index (χ2n) is 4.97. The minimum atomic E-state index is -0.212. The van der Waals surface area contributed by atoms with Crippen LogP contribution in [0, 0.1) is 13.8 Å². The van der Waals surface area contributed by atoms with E-state index < -0.39 is 0 Å². The summed E-state index contributed by atoms with van der Waals surface area (Å²) in [6.07, 6.45) is 1.42. The fraction of sp³-hybridized carbons (Fsp3) is 0.312. The molecule has 0 saturated heterocycles. The molecule has 0 radical (unpaired) electrons. The van der Waals surface area contributed by atoms with Crippen LogP contribution in [0.15, 0.2) is 41.5 Å². The molecular weight excluding hydrogens is 266 g/mol. The second-order valence-corrected chi connectivity index (χ2v) is 4.97. The van der Waals surface area contributed by atoms with E-state index in [4.69, 9.17) is 0 Å². The number of aromatic nitrogens is 2. The molecule has 0 aliphatic carbocycles. The largest absolute Gasteiger partial charge is 0.311 e. The Balaban J connectivity index is 2.23. The van der Waals surface area contributed by atoms with Crippen LogP contribution in [0.2, 0.25) is 0 Å². The first-order chi connectivity index (χ1) is 10.0. The van der Waals surface area contributed by atoms with Gasteiger partial charge in [0.05, 0.1) is 6.33 Å². The molecule has 1 amide bonds. The van der Waals surface area contributed by atoms with Crippen LogP contribution in [0.5, 0.6) is 0 Å². The molecule has 0 bridgehead atoms. The Bertz CT molecular complexity index is 707. The summed E-state index contributed by atoms with van der Waals surface area (Å²) in [7, 11) is 0. The number of anilines is 1. The maximum Gasteiger partial charge on any atom is 0.253 e. The lowest BCUT2D eigenvalue weighted by molar-refractivity contribution is -0.119. The molecule has 0 atom stereocenters. The Morgan fingerprint density at radius 1 is 1.29 bits per heavy atom. The van der Waals surface area contributed by atoms with Gasteiger partial charge in [0, 0.05) is 24.0 Å². The molecule has 0 aliphatic heterocycles. The van der Waals surface area contributed by atoms with Gasteiger partial charge in [0.25, 0.3) is 5.56 Å². The van der Waals surface area contributed by atoms with Crippen LogP contribution in [-0.2, 0) is 11.3 Å². The van der Waals surface area contributed by atoms with Gasteiger partial charge < -0.3 is 4.90 Å². The molecule has 2 aromatic rings. The monoisotopic (exact) mass is 285 g/mol. The molecule has 21 heavy (non-hydrogen) atoms. The maximum absolute atomic E-state index is 12.4. The molecule has 1 heterocycles. The number of aryl methyl sites for hydroxylation is 2. The summed E-state index contributed by atoms with van der Waals surface area (Å²) in [4.78, 5) is 30.0. The van der Waals surface area contributed by atoms with Crippen LogP contribution in [0.4, 0.5) is 5.69 Å². The van der Waals surface area contributed by atoms with Crippen molar-refractivity contribution in [1.29, 1.82) is 0 Å². The number of rotatable bonds is 4. The smallest absolute Gasteiger partial charge is 0.253 e. The highest BCUT2D eigenvalue weighted by Gasteiger charge is 2.15. The summed E-state index contributed by atoms with van der Waals surface area (Å²) >= 11 is 0. The second kappa shape index (κ2) is 6.35. The van der Waals surface area contributed by atoms with Crippen molar-refractivity contribution in [2.24, 2.45) is 0 Å². The first-order valence-corrected chi connectivity index (χ1v) is 6.91. The minimum absolute atomic E-state index is 0.00606. The topological polar surface area (TPSA) is 55.2 Å². The molecule has 1 aromatic carbocycles. The third kappa shape index (κ3) is 3.56. The van der Waals surface area contributed by atoms with E-state index >= 15 is 0 Å². The molecule has 5 nitrogen and oxygen atoms in total. The van der Waals surface area contributed by atoms with E-state index in [1.807, 2.05) is 38.1 Å². The van der Waals surface area contributed by atoms with Gasteiger partial charge in [0.15, 0.2) is 0 Å². The number of carbonyl (C=O) groups is 1. The van der Waals surface area contributed by atoms with E-state index in [2.05, 4.69) is 4.98 Å². The first-order valence-electron chi connectivity index (χ1n) is 6.91. The van der Waals surface area contributed by atoms with Crippen molar-refractivity contribution in [3.05, 3.63) is 58.3 Å². The quantitative estimate of drug-likeness (QED) is 0.862. The summed E-state index contributed by atoms with van der Waals surface area (Å²) in [6.45, 7) is 6.19. The molecule has 5 heteroatoms. The normalized spacial score (nSPS) is 10.4. The zero-order chi connectivity index (χ0) is 15.4. The van der Waals surface area contributed by atoms with Crippen LogP contribution in [-0.4, -0.2) is 22.0 Å². The Labute approximate surface area is 123 Å². The van der Waals surface area contributed by atoms with Gasteiger partial charge >= 0.3 is 0 Å². The number of benzene rings is 1. The van der Waals surface area contributed by atoms with E-state index in [1.165, 1.54) is 17.0 Å². The molecule has 1 aromatic heterocycles. The third-order valence-corrected chi connectivity index (χ3v) is 3.25. The molecule has 2 rings (SSSR count). The molecule has 0 fully saturated rings. The number of nitrogens with zero attached hydrogens (tertiary/aromatic N) is 3. The maximum atomic E-state index is 12.4. The van der Waals surface area contributed by atoms with Crippen molar-refractivity contribution < 1.29 is 4.79 Å². The van der Waals surface area contributed by atoms with Gasteiger partial charge in [-0.15, -0.1) is 0 Å². The third-order valence-electron chi connectivity index (χ3n) is 3.25. The van der Waals surface area contributed by atoms with Gasteiger partial charge in [0.2, 0.25) is 5.91 Å². The zero-order valence-electron chi connectivity index (χ0n) is 12.5. The first kappa shape index (κ1) is 15.0. The average Bonchev–Trinajstić information content (AvgIpc) is 2.43. The summed E-state index contributed by atoms with van der Waals surface area (Å²) < 4.78 is 1.33. The van der Waals surface area contributed by atoms with E-state index in [0.29, 0.717) is 12.2 Å². The van der Waals surface area contributed by atoms with E-state index in [-0.39, 0.29) is 18.0 Å². The summed E-state index contributed by atoms with van der Waals surface area (Å²) in [5, 5.41) is 0. The predicted octanol–water partition coefficient (Wildman–Crippen LogP) is 1.91. The lowest BCUT2D eigenvalue weighted by atomic mass is 10.2. The van der Waals surface area contributed by atoms with E-state index in [0.717, 1.165) is 11.3 Å². The van der Waals surface area contributed by atoms with Crippen molar-refractivity contribution in [1.82, 2.24) is 9.55 Å². The van der Waals surface area contributed by atoms with Crippen molar-refractivity contribution in [3.63, 3.8) is 0 Å². The van der Waals surface area contributed by atoms with Crippen LogP contribution in [0.3, 0.4) is 0 Å². The molecular formula is C16H19N3O2. The number of carbonyl (C=O) groups excluding carboxylic acids is 1. The summed E-state index contributed by atoms with van der Waals surface area (Å²) in [6, 6.07) is 9.18. The predicted molar refractivity (Wildman–Crippen MR) is 82.4 cm³/mol. The summed E-state index contributed by atoms with van der Waals surface area (Å²) in [5.74, 6) is -0.129. The fourth-order valence-corrected chi connectivity index (χ4v) is 2.17. The molecule has 0 N–H and O–H groups in total. The van der Waals surface area contributed by atoms with Crippen LogP contribution in [0.1, 0.15) is 18.2 Å². The zero-order valence-corrected chi connectivity index (χ0v) is 12.5. The fourth-order valence-electron chi connectivity index (χ4n) is 2.17. The Morgan fingerprint density at radius 2 is 2.05 bits per heavy atom. The standard InChI is InChI=1S/C16H19N3O2/c1-4-19(14-7-5-6-12(2)8-14)16(21)10-18-11-17-13(3)9-15(18)20/h5-9,11H,4,10H2,1-3H3. The van der Waals surface area contributed by atoms with Crippen molar-refractivity contribution in [2.45, 2.75) is 27.3 Å². The molecule has 0 spiro atoms. The van der Waals surface area contributed by atoms with Gasteiger partial charge in [-0.25, -0.2) is 4.98 Å². The van der Waals surface area contributed by atoms with Crippen molar-refractivity contribution >= 4 is 11.6 Å². The van der Waals surface area contributed by atoms with Crippen molar-refractivity contribution in [3.8, 4) is 0 Å². The highest BCUT2D eigenvalue weighted by molar-refractivity contribution is 5.93. The van der Waals surface area contributed by atoms with Gasteiger partial charge in [-0.1, -0.05) is 12.1 Å². The van der Waals surface area contributed by atoms with Crippen LogP contribution in [0.25, 0.3) is 0 Å². The van der Waals surface area contributed by atoms with Crippen LogP contribution < -0.4 is 10.5 Å². The van der Waals surface area contributed by atoms with Crippen LogP contribution >= 0.6 is 0 Å². The highest BCUT2D eigenvalue weighted by Crippen LogP contribution is 2.16. The number of amides is 1. The van der Waals surface area contributed by atoms with E-state index in [1.54, 1.807) is 11.8 Å². The Kier molecular flexibility index (Phi) is 4.52. The molecule has 110 valence electrons. The highest BCUT2D eigenvalue weighted by atomic mass is 16.2. The average molecular weight is 285 g/mol. The number of hydrogen-bond donors (Lipinski definition) is 0.